The normalized spacial score (nSPS) is 23.2. The molecule has 4 heteroatoms. The fourth-order valence-electron chi connectivity index (χ4n) is 2.30. The van der Waals surface area contributed by atoms with Crippen LogP contribution in [0.4, 0.5) is 0 Å². The second-order valence-corrected chi connectivity index (χ2v) is 5.22. The quantitative estimate of drug-likeness (QED) is 0.882. The minimum absolute atomic E-state index is 0.0612. The molecule has 1 unspecified atom stereocenters. The first-order valence-corrected chi connectivity index (χ1v) is 6.21. The van der Waals surface area contributed by atoms with Gasteiger partial charge in [-0.2, -0.15) is 0 Å². The second kappa shape index (κ2) is 4.98. The van der Waals surface area contributed by atoms with Crippen LogP contribution in [-0.4, -0.2) is 37.6 Å². The molecule has 1 aliphatic rings. The summed E-state index contributed by atoms with van der Waals surface area (Å²) < 4.78 is 5.14. The molecule has 4 nitrogen and oxygen atoms in total. The van der Waals surface area contributed by atoms with E-state index in [1.165, 1.54) is 0 Å². The van der Waals surface area contributed by atoms with Crippen LogP contribution >= 0.6 is 0 Å². The van der Waals surface area contributed by atoms with Gasteiger partial charge in [0.15, 0.2) is 0 Å². The molecule has 1 heterocycles. The Kier molecular flexibility index (Phi) is 3.57. The highest BCUT2D eigenvalue weighted by atomic mass is 16.5. The number of nitrogens with zero attached hydrogens (tertiary/aromatic N) is 1. The van der Waals surface area contributed by atoms with E-state index in [-0.39, 0.29) is 11.3 Å². The molecule has 1 aromatic carbocycles. The van der Waals surface area contributed by atoms with E-state index in [0.717, 1.165) is 19.5 Å². The van der Waals surface area contributed by atoms with Crippen molar-refractivity contribution in [2.75, 3.05) is 26.7 Å². The van der Waals surface area contributed by atoms with Gasteiger partial charge in [-0.1, -0.05) is 13.0 Å². The minimum atomic E-state index is 0.0612. The average molecular weight is 248 g/mol. The smallest absolute Gasteiger partial charge is 0.254 e. The van der Waals surface area contributed by atoms with Crippen molar-refractivity contribution in [1.29, 1.82) is 0 Å². The van der Waals surface area contributed by atoms with Crippen LogP contribution in [0.5, 0.6) is 5.75 Å². The Labute approximate surface area is 108 Å². The Morgan fingerprint density at radius 3 is 2.94 bits per heavy atom. The zero-order chi connectivity index (χ0) is 13.2. The summed E-state index contributed by atoms with van der Waals surface area (Å²) in [7, 11) is 1.60. The summed E-state index contributed by atoms with van der Waals surface area (Å²) in [6, 6.07) is 7.28. The molecule has 0 spiro atoms. The molecule has 2 N–H and O–H groups in total. The highest BCUT2D eigenvalue weighted by molar-refractivity contribution is 5.94. The monoisotopic (exact) mass is 248 g/mol. The van der Waals surface area contributed by atoms with E-state index in [2.05, 4.69) is 6.92 Å². The van der Waals surface area contributed by atoms with E-state index in [4.69, 9.17) is 10.5 Å². The number of hydrogen-bond donors (Lipinski definition) is 1. The molecule has 0 aromatic heterocycles. The van der Waals surface area contributed by atoms with Gasteiger partial charge in [-0.25, -0.2) is 0 Å². The highest BCUT2D eigenvalue weighted by Crippen LogP contribution is 2.29. The maximum absolute atomic E-state index is 12.3. The fraction of sp³-hybridized carbons (Fsp3) is 0.500. The number of likely N-dealkylation sites (tertiary alicyclic amines) is 1. The van der Waals surface area contributed by atoms with Gasteiger partial charge >= 0.3 is 0 Å². The molecule has 1 fully saturated rings. The molecule has 1 atom stereocenters. The molecule has 0 radical (unpaired) electrons. The minimum Gasteiger partial charge on any atom is -0.497 e. The average Bonchev–Trinajstić information content (AvgIpc) is 2.81. The van der Waals surface area contributed by atoms with Crippen molar-refractivity contribution in [2.24, 2.45) is 11.1 Å². The Bertz CT molecular complexity index is 447. The lowest BCUT2D eigenvalue weighted by Crippen LogP contribution is -2.34. The van der Waals surface area contributed by atoms with Gasteiger partial charge in [0, 0.05) is 18.7 Å². The number of carbonyl (C=O) groups excluding carboxylic acids is 1. The summed E-state index contributed by atoms with van der Waals surface area (Å²) in [4.78, 5) is 14.2. The van der Waals surface area contributed by atoms with Gasteiger partial charge in [0.1, 0.15) is 5.75 Å². The number of amides is 1. The summed E-state index contributed by atoms with van der Waals surface area (Å²) in [5.74, 6) is 0.771. The first-order valence-electron chi connectivity index (χ1n) is 6.21. The molecule has 98 valence electrons. The number of methoxy groups -OCH3 is 1. The first kappa shape index (κ1) is 12.9. The third-order valence-corrected chi connectivity index (χ3v) is 3.65. The van der Waals surface area contributed by atoms with Crippen LogP contribution in [0.3, 0.4) is 0 Å². The van der Waals surface area contributed by atoms with E-state index in [9.17, 15) is 4.79 Å². The standard InChI is InChI=1S/C14H20N2O2/c1-14(9-15)6-7-16(10-14)13(17)11-4-3-5-12(8-11)18-2/h3-5,8H,6-7,9-10,15H2,1-2H3. The maximum atomic E-state index is 12.3. The lowest BCUT2D eigenvalue weighted by Gasteiger charge is -2.22. The lowest BCUT2D eigenvalue weighted by atomic mass is 9.90. The predicted octanol–water partition coefficient (Wildman–Crippen LogP) is 1.51. The molecule has 1 aliphatic heterocycles. The third-order valence-electron chi connectivity index (χ3n) is 3.65. The maximum Gasteiger partial charge on any atom is 0.254 e. The number of benzene rings is 1. The third kappa shape index (κ3) is 2.48. The highest BCUT2D eigenvalue weighted by Gasteiger charge is 2.35. The van der Waals surface area contributed by atoms with Crippen molar-refractivity contribution >= 4 is 5.91 Å². The predicted molar refractivity (Wildman–Crippen MR) is 70.7 cm³/mol. The van der Waals surface area contributed by atoms with Crippen molar-refractivity contribution in [3.8, 4) is 5.75 Å². The molecular formula is C14H20N2O2. The molecule has 2 rings (SSSR count). The Morgan fingerprint density at radius 1 is 1.56 bits per heavy atom. The number of ether oxygens (including phenoxy) is 1. The Morgan fingerprint density at radius 2 is 2.33 bits per heavy atom. The van der Waals surface area contributed by atoms with Gasteiger partial charge < -0.3 is 15.4 Å². The van der Waals surface area contributed by atoms with Gasteiger partial charge in [-0.15, -0.1) is 0 Å². The number of rotatable bonds is 3. The molecule has 0 bridgehead atoms. The number of nitrogens with two attached hydrogens (primary N) is 1. The van der Waals surface area contributed by atoms with Crippen molar-refractivity contribution in [2.45, 2.75) is 13.3 Å². The van der Waals surface area contributed by atoms with Crippen LogP contribution in [0.25, 0.3) is 0 Å². The van der Waals surface area contributed by atoms with E-state index in [1.54, 1.807) is 13.2 Å². The van der Waals surface area contributed by atoms with E-state index in [1.807, 2.05) is 23.1 Å². The summed E-state index contributed by atoms with van der Waals surface area (Å²) in [6.45, 7) is 4.27. The molecule has 1 saturated heterocycles. The molecule has 0 saturated carbocycles. The zero-order valence-electron chi connectivity index (χ0n) is 11.0. The number of hydrogen-bond acceptors (Lipinski definition) is 3. The lowest BCUT2D eigenvalue weighted by molar-refractivity contribution is 0.0776. The van der Waals surface area contributed by atoms with Crippen LogP contribution in [0.1, 0.15) is 23.7 Å². The van der Waals surface area contributed by atoms with Crippen LogP contribution in [0.2, 0.25) is 0 Å². The summed E-state index contributed by atoms with van der Waals surface area (Å²) >= 11 is 0. The van der Waals surface area contributed by atoms with E-state index in [0.29, 0.717) is 17.9 Å². The largest absolute Gasteiger partial charge is 0.497 e. The van der Waals surface area contributed by atoms with Crippen molar-refractivity contribution in [3.05, 3.63) is 29.8 Å². The van der Waals surface area contributed by atoms with Gasteiger partial charge in [-0.3, -0.25) is 4.79 Å². The number of carbonyl (C=O) groups is 1. The second-order valence-electron chi connectivity index (χ2n) is 5.22. The van der Waals surface area contributed by atoms with Crippen LogP contribution < -0.4 is 10.5 Å². The van der Waals surface area contributed by atoms with Gasteiger partial charge in [0.25, 0.3) is 5.91 Å². The molecule has 1 aromatic rings. The topological polar surface area (TPSA) is 55.6 Å². The fourth-order valence-corrected chi connectivity index (χ4v) is 2.30. The van der Waals surface area contributed by atoms with Crippen LogP contribution in [0, 0.1) is 5.41 Å². The molecular weight excluding hydrogens is 228 g/mol. The van der Waals surface area contributed by atoms with E-state index >= 15 is 0 Å². The van der Waals surface area contributed by atoms with Crippen LogP contribution in [-0.2, 0) is 0 Å². The Hall–Kier alpha value is -1.55. The molecule has 0 aliphatic carbocycles. The SMILES string of the molecule is COc1cccc(C(=O)N2CCC(C)(CN)C2)c1. The first-order chi connectivity index (χ1) is 8.58. The summed E-state index contributed by atoms with van der Waals surface area (Å²) in [5.41, 5.74) is 6.50. The van der Waals surface area contributed by atoms with Crippen molar-refractivity contribution < 1.29 is 9.53 Å². The van der Waals surface area contributed by atoms with Gasteiger partial charge in [0.05, 0.1) is 7.11 Å². The Balaban J connectivity index is 2.12. The summed E-state index contributed by atoms with van der Waals surface area (Å²) in [5, 5.41) is 0. The van der Waals surface area contributed by atoms with Crippen molar-refractivity contribution in [3.63, 3.8) is 0 Å². The zero-order valence-corrected chi connectivity index (χ0v) is 11.0. The van der Waals surface area contributed by atoms with Crippen molar-refractivity contribution in [1.82, 2.24) is 4.90 Å². The van der Waals surface area contributed by atoms with Gasteiger partial charge in [0.2, 0.25) is 0 Å². The van der Waals surface area contributed by atoms with Gasteiger partial charge in [-0.05, 0) is 36.6 Å². The van der Waals surface area contributed by atoms with Crippen LogP contribution in [0.15, 0.2) is 24.3 Å². The van der Waals surface area contributed by atoms with E-state index < -0.39 is 0 Å². The molecule has 18 heavy (non-hydrogen) atoms. The summed E-state index contributed by atoms with van der Waals surface area (Å²) in [6.07, 6.45) is 0.971. The molecule has 1 amide bonds.